The summed E-state index contributed by atoms with van der Waals surface area (Å²) in [6.07, 6.45) is 1.48. The first-order valence-electron chi connectivity index (χ1n) is 8.69. The molecule has 1 aliphatic heterocycles. The first-order valence-corrected chi connectivity index (χ1v) is 9.07. The summed E-state index contributed by atoms with van der Waals surface area (Å²) in [6.45, 7) is 11.7. The van der Waals surface area contributed by atoms with Gasteiger partial charge in [-0.1, -0.05) is 31.5 Å². The predicted octanol–water partition coefficient (Wildman–Crippen LogP) is 4.96. The summed E-state index contributed by atoms with van der Waals surface area (Å²) in [5.74, 6) is 0.426. The first kappa shape index (κ1) is 18.9. The molecule has 4 nitrogen and oxygen atoms in total. The minimum atomic E-state index is -0.459. The molecule has 5 heteroatoms. The number of carbonyl (C=O) groups excluding carboxylic acids is 1. The van der Waals surface area contributed by atoms with Gasteiger partial charge >= 0.3 is 6.09 Å². The zero-order valence-corrected chi connectivity index (χ0v) is 16.1. The van der Waals surface area contributed by atoms with Gasteiger partial charge in [0.2, 0.25) is 0 Å². The van der Waals surface area contributed by atoms with Crippen molar-refractivity contribution in [3.05, 3.63) is 28.8 Å². The Kier molecular flexibility index (Phi) is 6.02. The lowest BCUT2D eigenvalue weighted by Crippen LogP contribution is -2.46. The van der Waals surface area contributed by atoms with Crippen molar-refractivity contribution < 1.29 is 9.53 Å². The fourth-order valence-corrected chi connectivity index (χ4v) is 3.33. The van der Waals surface area contributed by atoms with Crippen LogP contribution in [0.3, 0.4) is 0 Å². The Morgan fingerprint density at radius 2 is 1.92 bits per heavy atom. The molecule has 0 radical (unpaired) electrons. The van der Waals surface area contributed by atoms with Crippen molar-refractivity contribution in [2.75, 3.05) is 18.0 Å². The molecule has 0 saturated carbocycles. The molecule has 1 aromatic rings. The predicted molar refractivity (Wildman–Crippen MR) is 100 cm³/mol. The second-order valence-electron chi connectivity index (χ2n) is 7.77. The fourth-order valence-electron chi connectivity index (χ4n) is 2.94. The van der Waals surface area contributed by atoms with E-state index in [4.69, 9.17) is 16.3 Å². The Labute approximate surface area is 150 Å². The lowest BCUT2D eigenvalue weighted by Gasteiger charge is -2.34. The second kappa shape index (κ2) is 7.64. The highest BCUT2D eigenvalue weighted by atomic mass is 35.5. The molecule has 0 bridgehead atoms. The van der Waals surface area contributed by atoms with E-state index in [1.807, 2.05) is 20.8 Å². The van der Waals surface area contributed by atoms with Crippen LogP contribution in [0.4, 0.5) is 10.5 Å². The largest absolute Gasteiger partial charge is 0.444 e. The van der Waals surface area contributed by atoms with Crippen LogP contribution in [-0.4, -0.2) is 30.8 Å². The van der Waals surface area contributed by atoms with Crippen molar-refractivity contribution in [3.8, 4) is 0 Å². The number of nitrogens with zero attached hydrogens (tertiary/aromatic N) is 1. The fraction of sp³-hybridized carbons (Fsp3) is 0.632. The summed E-state index contributed by atoms with van der Waals surface area (Å²) < 4.78 is 5.32. The van der Waals surface area contributed by atoms with Crippen LogP contribution in [0, 0.1) is 0 Å². The molecule has 1 aliphatic rings. The SMILES string of the molecule is CC(C)c1ccc(N2CCC(NC(=O)OC(C)(C)C)CC2)cc1Cl. The summed E-state index contributed by atoms with van der Waals surface area (Å²) in [7, 11) is 0. The van der Waals surface area contributed by atoms with E-state index < -0.39 is 5.60 Å². The molecule has 0 aliphatic carbocycles. The highest BCUT2D eigenvalue weighted by Gasteiger charge is 2.24. The number of piperidine rings is 1. The summed E-state index contributed by atoms with van der Waals surface area (Å²) >= 11 is 6.40. The van der Waals surface area contributed by atoms with E-state index in [0.717, 1.165) is 36.6 Å². The molecular weight excluding hydrogens is 324 g/mol. The molecule has 1 heterocycles. The van der Waals surface area contributed by atoms with Gasteiger partial charge in [0, 0.05) is 29.8 Å². The number of hydrogen-bond donors (Lipinski definition) is 1. The topological polar surface area (TPSA) is 41.6 Å². The Bertz CT molecular complexity index is 573. The van der Waals surface area contributed by atoms with Gasteiger partial charge in [0.25, 0.3) is 0 Å². The molecule has 0 spiro atoms. The number of halogens is 1. The summed E-state index contributed by atoms with van der Waals surface area (Å²) in [6, 6.07) is 6.48. The van der Waals surface area contributed by atoms with Crippen molar-refractivity contribution in [1.82, 2.24) is 5.32 Å². The summed E-state index contributed by atoms with van der Waals surface area (Å²) in [5, 5.41) is 3.80. The maximum Gasteiger partial charge on any atom is 0.407 e. The molecule has 1 aromatic carbocycles. The summed E-state index contributed by atoms with van der Waals surface area (Å²) in [4.78, 5) is 14.2. The van der Waals surface area contributed by atoms with Crippen LogP contribution in [0.5, 0.6) is 0 Å². The van der Waals surface area contributed by atoms with Crippen molar-refractivity contribution in [2.45, 2.75) is 65.0 Å². The van der Waals surface area contributed by atoms with Crippen LogP contribution in [0.2, 0.25) is 5.02 Å². The van der Waals surface area contributed by atoms with E-state index in [-0.39, 0.29) is 12.1 Å². The molecular formula is C19H29ClN2O2. The Morgan fingerprint density at radius 3 is 2.42 bits per heavy atom. The number of anilines is 1. The van der Waals surface area contributed by atoms with E-state index in [1.54, 1.807) is 0 Å². The minimum absolute atomic E-state index is 0.168. The standard InChI is InChI=1S/C19H29ClN2O2/c1-13(2)16-7-6-15(12-17(16)20)22-10-8-14(9-11-22)21-18(23)24-19(3,4)5/h6-7,12-14H,8-11H2,1-5H3,(H,21,23). The third kappa shape index (κ3) is 5.30. The molecule has 0 atom stereocenters. The maximum absolute atomic E-state index is 11.9. The molecule has 1 saturated heterocycles. The third-order valence-corrected chi connectivity index (χ3v) is 4.51. The Hall–Kier alpha value is -1.42. The monoisotopic (exact) mass is 352 g/mol. The van der Waals surface area contributed by atoms with Gasteiger partial charge in [0.05, 0.1) is 0 Å². The van der Waals surface area contributed by atoms with Gasteiger partial charge in [-0.25, -0.2) is 4.79 Å². The zero-order chi connectivity index (χ0) is 17.9. The number of rotatable bonds is 3. The quantitative estimate of drug-likeness (QED) is 0.836. The minimum Gasteiger partial charge on any atom is -0.444 e. The molecule has 24 heavy (non-hydrogen) atoms. The lowest BCUT2D eigenvalue weighted by molar-refractivity contribution is 0.0497. The van der Waals surface area contributed by atoms with Crippen molar-refractivity contribution in [2.24, 2.45) is 0 Å². The van der Waals surface area contributed by atoms with Crippen LogP contribution < -0.4 is 10.2 Å². The normalized spacial score (nSPS) is 16.4. The Morgan fingerprint density at radius 1 is 1.29 bits per heavy atom. The molecule has 1 amide bonds. The van der Waals surface area contributed by atoms with Gasteiger partial charge in [0.1, 0.15) is 5.60 Å². The lowest BCUT2D eigenvalue weighted by atomic mass is 10.0. The average Bonchev–Trinajstić information content (AvgIpc) is 2.45. The highest BCUT2D eigenvalue weighted by molar-refractivity contribution is 6.31. The first-order chi connectivity index (χ1) is 11.2. The number of alkyl carbamates (subject to hydrolysis) is 1. The molecule has 2 rings (SSSR count). The maximum atomic E-state index is 11.9. The number of carbonyl (C=O) groups is 1. The van der Waals surface area contributed by atoms with E-state index >= 15 is 0 Å². The van der Waals surface area contributed by atoms with E-state index in [9.17, 15) is 4.79 Å². The second-order valence-corrected chi connectivity index (χ2v) is 8.18. The average molecular weight is 353 g/mol. The number of amides is 1. The Balaban J connectivity index is 1.89. The van der Waals surface area contributed by atoms with Gasteiger partial charge in [0.15, 0.2) is 0 Å². The number of nitrogens with one attached hydrogen (secondary N) is 1. The van der Waals surface area contributed by atoms with Gasteiger partial charge in [-0.2, -0.15) is 0 Å². The third-order valence-electron chi connectivity index (χ3n) is 4.19. The smallest absolute Gasteiger partial charge is 0.407 e. The van der Waals surface area contributed by atoms with Crippen LogP contribution in [-0.2, 0) is 4.74 Å². The van der Waals surface area contributed by atoms with Crippen LogP contribution >= 0.6 is 11.6 Å². The van der Waals surface area contributed by atoms with Gasteiger partial charge in [-0.05, 0) is 57.2 Å². The zero-order valence-electron chi connectivity index (χ0n) is 15.4. The summed E-state index contributed by atoms with van der Waals surface area (Å²) in [5.41, 5.74) is 1.88. The van der Waals surface area contributed by atoms with E-state index in [2.05, 4.69) is 42.3 Å². The van der Waals surface area contributed by atoms with Crippen molar-refractivity contribution in [3.63, 3.8) is 0 Å². The van der Waals surface area contributed by atoms with Crippen molar-refractivity contribution in [1.29, 1.82) is 0 Å². The molecule has 0 unspecified atom stereocenters. The molecule has 1 fully saturated rings. The van der Waals surface area contributed by atoms with Crippen molar-refractivity contribution >= 4 is 23.4 Å². The molecule has 134 valence electrons. The molecule has 1 N–H and O–H groups in total. The molecule has 0 aromatic heterocycles. The van der Waals surface area contributed by atoms with E-state index in [0.29, 0.717) is 5.92 Å². The van der Waals surface area contributed by atoms with E-state index in [1.165, 1.54) is 5.56 Å². The van der Waals surface area contributed by atoms with Gasteiger partial charge < -0.3 is 15.0 Å². The number of benzene rings is 1. The van der Waals surface area contributed by atoms with Gasteiger partial charge in [-0.15, -0.1) is 0 Å². The van der Waals surface area contributed by atoms with Gasteiger partial charge in [-0.3, -0.25) is 0 Å². The number of hydrogen-bond acceptors (Lipinski definition) is 3. The van der Waals surface area contributed by atoms with Crippen LogP contribution in [0.1, 0.15) is 58.9 Å². The van der Waals surface area contributed by atoms with Crippen LogP contribution in [0.15, 0.2) is 18.2 Å². The number of ether oxygens (including phenoxy) is 1. The highest BCUT2D eigenvalue weighted by Crippen LogP contribution is 2.30. The van der Waals surface area contributed by atoms with Crippen LogP contribution in [0.25, 0.3) is 0 Å².